The summed E-state index contributed by atoms with van der Waals surface area (Å²) in [6.07, 6.45) is -0.185. The van der Waals surface area contributed by atoms with E-state index in [9.17, 15) is 17.6 Å². The van der Waals surface area contributed by atoms with Crippen molar-refractivity contribution in [2.45, 2.75) is 6.42 Å². The molecular formula is C11H14ClFN2O3S. The van der Waals surface area contributed by atoms with Gasteiger partial charge >= 0.3 is 0 Å². The van der Waals surface area contributed by atoms with Gasteiger partial charge in [-0.1, -0.05) is 11.6 Å². The molecule has 106 valence electrons. The van der Waals surface area contributed by atoms with Crippen LogP contribution in [0.15, 0.2) is 18.2 Å². The largest absolute Gasteiger partial charge is 0.326 e. The Bertz CT molecular complexity index is 575. The number of amides is 1. The first-order chi connectivity index (χ1) is 8.72. The SMILES string of the molecule is CN(C)S(=O)(=O)CCC(=O)Nc1ccc(F)c(Cl)c1. The lowest BCUT2D eigenvalue weighted by molar-refractivity contribution is -0.115. The second-order valence-electron chi connectivity index (χ2n) is 4.03. The van der Waals surface area contributed by atoms with Gasteiger partial charge in [0.2, 0.25) is 15.9 Å². The Morgan fingerprint density at radius 3 is 2.58 bits per heavy atom. The van der Waals surface area contributed by atoms with Gasteiger partial charge in [0.25, 0.3) is 0 Å². The standard InChI is InChI=1S/C11H14ClFN2O3S/c1-15(2)19(17,18)6-5-11(16)14-8-3-4-10(13)9(12)7-8/h3-4,7H,5-6H2,1-2H3,(H,14,16). The summed E-state index contributed by atoms with van der Waals surface area (Å²) in [6.45, 7) is 0. The highest BCUT2D eigenvalue weighted by Gasteiger charge is 2.16. The molecule has 1 rings (SSSR count). The predicted molar refractivity (Wildman–Crippen MR) is 72.1 cm³/mol. The molecule has 0 aliphatic carbocycles. The number of anilines is 1. The van der Waals surface area contributed by atoms with Crippen LogP contribution in [-0.4, -0.2) is 38.5 Å². The maximum absolute atomic E-state index is 12.9. The van der Waals surface area contributed by atoms with Gasteiger partial charge in [-0.15, -0.1) is 0 Å². The maximum atomic E-state index is 12.9. The van der Waals surface area contributed by atoms with Crippen LogP contribution in [-0.2, 0) is 14.8 Å². The van der Waals surface area contributed by atoms with Crippen LogP contribution < -0.4 is 5.32 Å². The molecule has 0 spiro atoms. The highest BCUT2D eigenvalue weighted by atomic mass is 35.5. The van der Waals surface area contributed by atoms with Crippen LogP contribution in [0.3, 0.4) is 0 Å². The van der Waals surface area contributed by atoms with Crippen molar-refractivity contribution in [3.05, 3.63) is 29.0 Å². The Morgan fingerprint density at radius 2 is 2.05 bits per heavy atom. The van der Waals surface area contributed by atoms with Crippen molar-refractivity contribution in [2.24, 2.45) is 0 Å². The maximum Gasteiger partial charge on any atom is 0.225 e. The predicted octanol–water partition coefficient (Wildman–Crippen LogP) is 1.70. The van der Waals surface area contributed by atoms with Gasteiger partial charge in [0.1, 0.15) is 5.82 Å². The van der Waals surface area contributed by atoms with Crippen LogP contribution in [0.4, 0.5) is 10.1 Å². The summed E-state index contributed by atoms with van der Waals surface area (Å²) >= 11 is 5.56. The highest BCUT2D eigenvalue weighted by Crippen LogP contribution is 2.19. The normalized spacial score (nSPS) is 11.6. The molecule has 0 radical (unpaired) electrons. The molecule has 1 N–H and O–H groups in total. The van der Waals surface area contributed by atoms with E-state index in [-0.39, 0.29) is 17.2 Å². The molecule has 8 heteroatoms. The topological polar surface area (TPSA) is 66.5 Å². The molecule has 0 aromatic heterocycles. The third-order valence-electron chi connectivity index (χ3n) is 2.35. The van der Waals surface area contributed by atoms with Crippen molar-refractivity contribution in [1.29, 1.82) is 0 Å². The van der Waals surface area contributed by atoms with Crippen LogP contribution in [0.5, 0.6) is 0 Å². The van der Waals surface area contributed by atoms with E-state index in [1.807, 2.05) is 0 Å². The third-order valence-corrected chi connectivity index (χ3v) is 4.47. The molecule has 1 aromatic rings. The zero-order valence-corrected chi connectivity index (χ0v) is 12.1. The molecule has 5 nitrogen and oxygen atoms in total. The molecule has 0 saturated heterocycles. The second kappa shape index (κ2) is 6.31. The van der Waals surface area contributed by atoms with Crippen molar-refractivity contribution in [2.75, 3.05) is 25.2 Å². The molecule has 0 aliphatic heterocycles. The minimum absolute atomic E-state index is 0.112. The van der Waals surface area contributed by atoms with E-state index in [2.05, 4.69) is 5.32 Å². The van der Waals surface area contributed by atoms with Gasteiger partial charge in [0.05, 0.1) is 10.8 Å². The van der Waals surface area contributed by atoms with Crippen LogP contribution in [0.2, 0.25) is 5.02 Å². The summed E-state index contributed by atoms with van der Waals surface area (Å²) in [7, 11) is -0.622. The summed E-state index contributed by atoms with van der Waals surface area (Å²) < 4.78 is 36.9. The van der Waals surface area contributed by atoms with Crippen LogP contribution in [0.25, 0.3) is 0 Å². The zero-order chi connectivity index (χ0) is 14.6. The molecule has 0 saturated carbocycles. The van der Waals surface area contributed by atoms with Gasteiger partial charge < -0.3 is 5.32 Å². The van der Waals surface area contributed by atoms with Crippen LogP contribution >= 0.6 is 11.6 Å². The van der Waals surface area contributed by atoms with Crippen molar-refractivity contribution < 1.29 is 17.6 Å². The summed E-state index contributed by atoms with van der Waals surface area (Å²) in [4.78, 5) is 11.5. The first-order valence-electron chi connectivity index (χ1n) is 5.37. The number of sulfonamides is 1. The van der Waals surface area contributed by atoms with Gasteiger partial charge in [-0.05, 0) is 18.2 Å². The molecule has 1 amide bonds. The number of carbonyl (C=O) groups is 1. The van der Waals surface area contributed by atoms with E-state index in [0.717, 1.165) is 10.4 Å². The number of halogens is 2. The average Bonchev–Trinajstić information content (AvgIpc) is 2.31. The number of hydrogen-bond acceptors (Lipinski definition) is 3. The Hall–Kier alpha value is -1.18. The smallest absolute Gasteiger partial charge is 0.225 e. The minimum Gasteiger partial charge on any atom is -0.326 e. The average molecular weight is 309 g/mol. The molecular weight excluding hydrogens is 295 g/mol. The van der Waals surface area contributed by atoms with E-state index < -0.39 is 21.7 Å². The fraction of sp³-hybridized carbons (Fsp3) is 0.364. The lowest BCUT2D eigenvalue weighted by Crippen LogP contribution is -2.27. The zero-order valence-electron chi connectivity index (χ0n) is 10.5. The van der Waals surface area contributed by atoms with E-state index in [1.54, 1.807) is 0 Å². The Balaban J connectivity index is 2.59. The molecule has 0 unspecified atom stereocenters. The van der Waals surface area contributed by atoms with Gasteiger partial charge in [-0.3, -0.25) is 4.79 Å². The van der Waals surface area contributed by atoms with Crippen LogP contribution in [0.1, 0.15) is 6.42 Å². The van der Waals surface area contributed by atoms with Gasteiger partial charge in [0.15, 0.2) is 0 Å². The Kier molecular flexibility index (Phi) is 5.28. The summed E-state index contributed by atoms with van der Waals surface area (Å²) in [5.41, 5.74) is 0.318. The minimum atomic E-state index is -3.41. The number of carbonyl (C=O) groups excluding carboxylic acids is 1. The number of nitrogens with one attached hydrogen (secondary N) is 1. The van der Waals surface area contributed by atoms with Gasteiger partial charge in [0, 0.05) is 26.2 Å². The lowest BCUT2D eigenvalue weighted by Gasteiger charge is -2.11. The van der Waals surface area contributed by atoms with Crippen molar-refractivity contribution in [3.8, 4) is 0 Å². The summed E-state index contributed by atoms with van der Waals surface area (Å²) in [6, 6.07) is 3.73. The monoisotopic (exact) mass is 308 g/mol. The Morgan fingerprint density at radius 1 is 1.42 bits per heavy atom. The first-order valence-corrected chi connectivity index (χ1v) is 7.36. The van der Waals surface area contributed by atoms with Crippen molar-refractivity contribution >= 4 is 33.2 Å². The second-order valence-corrected chi connectivity index (χ2v) is 6.74. The molecule has 19 heavy (non-hydrogen) atoms. The number of benzene rings is 1. The number of rotatable bonds is 5. The summed E-state index contributed by atoms with van der Waals surface area (Å²) in [5, 5.41) is 2.34. The van der Waals surface area contributed by atoms with Gasteiger partial charge in [-0.25, -0.2) is 17.1 Å². The van der Waals surface area contributed by atoms with E-state index in [1.165, 1.54) is 26.2 Å². The Labute approximate surface area is 116 Å². The molecule has 0 heterocycles. The molecule has 0 fully saturated rings. The molecule has 0 aliphatic rings. The highest BCUT2D eigenvalue weighted by molar-refractivity contribution is 7.89. The van der Waals surface area contributed by atoms with Crippen LogP contribution in [0, 0.1) is 5.82 Å². The molecule has 1 aromatic carbocycles. The lowest BCUT2D eigenvalue weighted by atomic mass is 10.3. The summed E-state index contributed by atoms with van der Waals surface area (Å²) in [5.74, 6) is -1.36. The van der Waals surface area contributed by atoms with Gasteiger partial charge in [-0.2, -0.15) is 0 Å². The molecule has 0 atom stereocenters. The van der Waals surface area contributed by atoms with E-state index >= 15 is 0 Å². The third kappa shape index (κ3) is 4.77. The first kappa shape index (κ1) is 15.9. The van der Waals surface area contributed by atoms with E-state index in [4.69, 9.17) is 11.6 Å². The molecule has 0 bridgehead atoms. The number of hydrogen-bond donors (Lipinski definition) is 1. The quantitative estimate of drug-likeness (QED) is 0.900. The number of nitrogens with zero attached hydrogens (tertiary/aromatic N) is 1. The van der Waals surface area contributed by atoms with Crippen molar-refractivity contribution in [3.63, 3.8) is 0 Å². The fourth-order valence-corrected chi connectivity index (χ4v) is 2.19. The van der Waals surface area contributed by atoms with Crippen molar-refractivity contribution in [1.82, 2.24) is 4.31 Å². The fourth-order valence-electron chi connectivity index (χ4n) is 1.20. The van der Waals surface area contributed by atoms with E-state index in [0.29, 0.717) is 5.69 Å².